The van der Waals surface area contributed by atoms with Crippen molar-refractivity contribution in [2.24, 2.45) is 46.3 Å². The van der Waals surface area contributed by atoms with Crippen LogP contribution in [0.3, 0.4) is 0 Å². The van der Waals surface area contributed by atoms with E-state index in [9.17, 15) is 23.4 Å². The highest BCUT2D eigenvalue weighted by atomic mass is 32.2. The number of anilines is 1. The number of sulfonamides is 1. The molecule has 0 aliphatic heterocycles. The summed E-state index contributed by atoms with van der Waals surface area (Å²) in [5.74, 6) is 1.11. The van der Waals surface area contributed by atoms with Gasteiger partial charge in [-0.2, -0.15) is 0 Å². The number of carbonyl (C=O) groups excluding carboxylic acids is 1. The Bertz CT molecular complexity index is 1560. The number of aliphatic hydroxyl groups is 2. The zero-order valence-corrected chi connectivity index (χ0v) is 29.2. The molecule has 8 nitrogen and oxygen atoms in total. The molecule has 4 aliphatic carbocycles. The van der Waals surface area contributed by atoms with Gasteiger partial charge in [-0.3, -0.25) is 4.79 Å². The Morgan fingerprint density at radius 1 is 1.02 bits per heavy atom. The quantitative estimate of drug-likeness (QED) is 0.311. The number of methoxy groups -OCH3 is 1. The molecular formula is C37H54N2O6S. The van der Waals surface area contributed by atoms with E-state index in [0.29, 0.717) is 41.9 Å². The van der Waals surface area contributed by atoms with Crippen molar-refractivity contribution in [3.63, 3.8) is 0 Å². The molecule has 254 valence electrons. The third kappa shape index (κ3) is 5.47. The van der Waals surface area contributed by atoms with Gasteiger partial charge in [0.15, 0.2) is 0 Å². The number of carbonyl (C=O) groups is 1. The van der Waals surface area contributed by atoms with E-state index in [4.69, 9.17) is 4.74 Å². The van der Waals surface area contributed by atoms with E-state index >= 15 is 0 Å². The molecule has 0 heterocycles. The van der Waals surface area contributed by atoms with Crippen LogP contribution < -0.4 is 9.62 Å². The second-order valence-corrected chi connectivity index (χ2v) is 17.5. The van der Waals surface area contributed by atoms with Crippen LogP contribution in [-0.4, -0.2) is 64.1 Å². The number of nitrogens with one attached hydrogen (secondary N) is 1. The third-order valence-electron chi connectivity index (χ3n) is 13.5. The van der Waals surface area contributed by atoms with Gasteiger partial charge in [-0.1, -0.05) is 45.0 Å². The van der Waals surface area contributed by atoms with Crippen LogP contribution in [0.1, 0.15) is 78.6 Å². The van der Waals surface area contributed by atoms with Crippen LogP contribution in [0.4, 0.5) is 5.69 Å². The van der Waals surface area contributed by atoms with Gasteiger partial charge in [0.05, 0.1) is 24.2 Å². The first-order chi connectivity index (χ1) is 21.7. The van der Waals surface area contributed by atoms with Crippen molar-refractivity contribution in [1.29, 1.82) is 0 Å². The summed E-state index contributed by atoms with van der Waals surface area (Å²) in [7, 11) is 1.57. The van der Waals surface area contributed by atoms with Gasteiger partial charge in [0, 0.05) is 43.0 Å². The van der Waals surface area contributed by atoms with Crippen molar-refractivity contribution < 1.29 is 28.2 Å². The summed E-state index contributed by atoms with van der Waals surface area (Å²) in [6.45, 7) is 6.79. The average molecular weight is 655 g/mol. The van der Waals surface area contributed by atoms with E-state index < -0.39 is 22.2 Å². The predicted octanol–water partition coefficient (Wildman–Crippen LogP) is 5.74. The smallest absolute Gasteiger partial charge is 0.305 e. The SMILES string of the molecule is COC(=O)CC[C@@H](C)[C@H]1CC[C@H]2[C@@H]3[C@H](O)C[C@@H]4C[C@@H](NS(=O)(=O)c5cccc6c(N(C)C)cccc56)CC[C@]4(C)[C@H]3C[C@H](O)[C@]12C. The molecule has 2 aromatic rings. The molecular weight excluding hydrogens is 600 g/mol. The number of rotatable bonds is 8. The summed E-state index contributed by atoms with van der Waals surface area (Å²) in [6, 6.07) is 11.0. The number of fused-ring (bicyclic) bond motifs is 6. The molecule has 9 heteroatoms. The molecule has 46 heavy (non-hydrogen) atoms. The summed E-state index contributed by atoms with van der Waals surface area (Å²) in [4.78, 5) is 14.2. The zero-order valence-electron chi connectivity index (χ0n) is 28.4. The second kappa shape index (κ2) is 12.4. The number of hydrogen-bond donors (Lipinski definition) is 3. The minimum absolute atomic E-state index is 0.0667. The number of esters is 1. The van der Waals surface area contributed by atoms with Crippen LogP contribution in [0.5, 0.6) is 0 Å². The molecule has 0 aromatic heterocycles. The Kier molecular flexibility index (Phi) is 9.05. The summed E-state index contributed by atoms with van der Waals surface area (Å²) in [6.07, 6.45) is 5.83. The summed E-state index contributed by atoms with van der Waals surface area (Å²) >= 11 is 0. The van der Waals surface area contributed by atoms with Crippen LogP contribution in [0.25, 0.3) is 10.8 Å². The molecule has 4 saturated carbocycles. The molecule has 4 fully saturated rings. The zero-order chi connectivity index (χ0) is 33.2. The lowest BCUT2D eigenvalue weighted by atomic mass is 9.43. The maximum Gasteiger partial charge on any atom is 0.305 e. The minimum atomic E-state index is -3.78. The fourth-order valence-electron chi connectivity index (χ4n) is 11.1. The molecule has 6 rings (SSSR count). The lowest BCUT2D eigenvalue weighted by Crippen LogP contribution is -2.63. The van der Waals surface area contributed by atoms with E-state index in [-0.39, 0.29) is 52.4 Å². The highest BCUT2D eigenvalue weighted by molar-refractivity contribution is 7.89. The third-order valence-corrected chi connectivity index (χ3v) is 15.1. The fourth-order valence-corrected chi connectivity index (χ4v) is 12.6. The van der Waals surface area contributed by atoms with Crippen molar-refractivity contribution in [2.75, 3.05) is 26.1 Å². The Labute approximate surface area is 275 Å². The van der Waals surface area contributed by atoms with Crippen LogP contribution in [0, 0.1) is 46.3 Å². The molecule has 0 saturated heterocycles. The summed E-state index contributed by atoms with van der Waals surface area (Å²) < 4.78 is 35.7. The average Bonchev–Trinajstić information content (AvgIpc) is 3.38. The first-order valence-electron chi connectivity index (χ1n) is 17.4. The second-order valence-electron chi connectivity index (χ2n) is 15.8. The Morgan fingerprint density at radius 2 is 1.74 bits per heavy atom. The highest BCUT2D eigenvalue weighted by Crippen LogP contribution is 2.68. The molecule has 0 unspecified atom stereocenters. The largest absolute Gasteiger partial charge is 0.469 e. The normalized spacial score (nSPS) is 38.0. The van der Waals surface area contributed by atoms with Gasteiger partial charge in [-0.15, -0.1) is 0 Å². The van der Waals surface area contributed by atoms with Crippen LogP contribution in [0.15, 0.2) is 41.3 Å². The van der Waals surface area contributed by atoms with Gasteiger partial charge in [0.1, 0.15) is 0 Å². The minimum Gasteiger partial charge on any atom is -0.469 e. The summed E-state index contributed by atoms with van der Waals surface area (Å²) in [5, 5.41) is 25.4. The van der Waals surface area contributed by atoms with Crippen molar-refractivity contribution in [3.05, 3.63) is 36.4 Å². The van der Waals surface area contributed by atoms with Crippen LogP contribution >= 0.6 is 0 Å². The van der Waals surface area contributed by atoms with E-state index in [1.807, 2.05) is 49.3 Å². The van der Waals surface area contributed by atoms with Crippen molar-refractivity contribution in [1.82, 2.24) is 4.72 Å². The van der Waals surface area contributed by atoms with Crippen molar-refractivity contribution >= 4 is 32.5 Å². The lowest BCUT2D eigenvalue weighted by Gasteiger charge is -2.63. The van der Waals surface area contributed by atoms with Gasteiger partial charge in [0.2, 0.25) is 10.0 Å². The van der Waals surface area contributed by atoms with Gasteiger partial charge in [0.25, 0.3) is 0 Å². The molecule has 2 aromatic carbocycles. The number of benzene rings is 2. The van der Waals surface area contributed by atoms with E-state index in [1.165, 1.54) is 7.11 Å². The van der Waals surface area contributed by atoms with Gasteiger partial charge >= 0.3 is 5.97 Å². The van der Waals surface area contributed by atoms with E-state index in [1.54, 1.807) is 6.07 Å². The van der Waals surface area contributed by atoms with Crippen molar-refractivity contribution in [3.8, 4) is 0 Å². The number of hydrogen-bond acceptors (Lipinski definition) is 7. The van der Waals surface area contributed by atoms with Gasteiger partial charge in [-0.25, -0.2) is 13.1 Å². The standard InChI is InChI=1S/C37H54N2O6S/c1-22(13-16-34(42)45-6)27-14-15-28-35-29(21-33(41)37(27,28)3)36(2)18-17-24(19-23(36)20-31(35)40)38-46(43,44)32-12-8-9-25-26(32)10-7-11-30(25)39(4)5/h7-12,22-24,27-29,31,33,35,38,40-41H,13-21H2,1-6H3/t22-,23+,24+,27-,28+,29+,31-,33+,35+,36+,37-/m1/s1. The number of nitrogens with zero attached hydrogens (tertiary/aromatic N) is 1. The monoisotopic (exact) mass is 654 g/mol. The molecule has 4 aliphatic rings. The molecule has 0 bridgehead atoms. The fraction of sp³-hybridized carbons (Fsp3) is 0.703. The Hall–Kier alpha value is -2.20. The first kappa shape index (κ1) is 33.7. The van der Waals surface area contributed by atoms with Gasteiger partial charge in [-0.05, 0) is 110 Å². The maximum atomic E-state index is 13.9. The van der Waals surface area contributed by atoms with E-state index in [2.05, 4.69) is 25.5 Å². The van der Waals surface area contributed by atoms with E-state index in [0.717, 1.165) is 43.2 Å². The molecule has 0 radical (unpaired) electrons. The number of aliphatic hydroxyl groups excluding tert-OH is 2. The van der Waals surface area contributed by atoms with Gasteiger partial charge < -0.3 is 19.8 Å². The predicted molar refractivity (Wildman–Crippen MR) is 181 cm³/mol. The molecule has 3 N–H and O–H groups in total. The van der Waals surface area contributed by atoms with Crippen molar-refractivity contribution in [2.45, 2.75) is 102 Å². The molecule has 11 atom stereocenters. The lowest BCUT2D eigenvalue weighted by molar-refractivity contribution is -0.202. The topological polar surface area (TPSA) is 116 Å². The van der Waals surface area contributed by atoms with Crippen LogP contribution in [0.2, 0.25) is 0 Å². The molecule has 0 spiro atoms. The Balaban J connectivity index is 1.19. The first-order valence-corrected chi connectivity index (χ1v) is 18.8. The maximum absolute atomic E-state index is 13.9. The Morgan fingerprint density at radius 3 is 2.46 bits per heavy atom. The summed E-state index contributed by atoms with van der Waals surface area (Å²) in [5.41, 5.74) is 0.616. The highest BCUT2D eigenvalue weighted by Gasteiger charge is 2.65. The number of ether oxygens (including phenoxy) is 1. The van der Waals surface area contributed by atoms with Crippen LogP contribution in [-0.2, 0) is 19.6 Å². The molecule has 0 amide bonds.